The van der Waals surface area contributed by atoms with Gasteiger partial charge in [0, 0.05) is 24.4 Å². The molecular weight excluding hydrogens is 332 g/mol. The zero-order valence-electron chi connectivity index (χ0n) is 13.0. The number of benzene rings is 1. The zero-order valence-corrected chi connectivity index (χ0v) is 13.9. The standard InChI is InChI=1S/C16H18N2O5S/c1-12(19)13-5-7-15(8-6-13)24(22,23)17-10-14(20)11-18-9-3-2-4-16(18)21/h2-9,14,17,20H,10-11H2,1H3. The highest BCUT2D eigenvalue weighted by Gasteiger charge is 2.16. The van der Waals surface area contributed by atoms with Crippen molar-refractivity contribution in [3.8, 4) is 0 Å². The van der Waals surface area contributed by atoms with Gasteiger partial charge >= 0.3 is 0 Å². The maximum absolute atomic E-state index is 12.2. The second-order valence-corrected chi connectivity index (χ2v) is 7.04. The number of hydrogen-bond acceptors (Lipinski definition) is 5. The van der Waals surface area contributed by atoms with Gasteiger partial charge in [0.2, 0.25) is 10.0 Å². The van der Waals surface area contributed by atoms with Gasteiger partial charge in [0.25, 0.3) is 5.56 Å². The van der Waals surface area contributed by atoms with Crippen molar-refractivity contribution in [2.75, 3.05) is 6.54 Å². The highest BCUT2D eigenvalue weighted by atomic mass is 32.2. The molecule has 0 aliphatic carbocycles. The van der Waals surface area contributed by atoms with Gasteiger partial charge < -0.3 is 9.67 Å². The molecule has 1 aromatic carbocycles. The summed E-state index contributed by atoms with van der Waals surface area (Å²) >= 11 is 0. The summed E-state index contributed by atoms with van der Waals surface area (Å²) in [5.41, 5.74) is 0.136. The van der Waals surface area contributed by atoms with E-state index >= 15 is 0 Å². The lowest BCUT2D eigenvalue weighted by Crippen LogP contribution is -2.36. The first-order valence-corrected chi connectivity index (χ1v) is 8.72. The molecule has 0 bridgehead atoms. The van der Waals surface area contributed by atoms with E-state index in [1.807, 2.05) is 0 Å². The van der Waals surface area contributed by atoms with Gasteiger partial charge in [-0.2, -0.15) is 0 Å². The number of carbonyl (C=O) groups is 1. The minimum atomic E-state index is -3.81. The first kappa shape index (κ1) is 18.1. The fraction of sp³-hybridized carbons (Fsp3) is 0.250. The Bertz CT molecular complexity index is 872. The molecule has 0 fully saturated rings. The van der Waals surface area contributed by atoms with Crippen molar-refractivity contribution >= 4 is 15.8 Å². The van der Waals surface area contributed by atoms with E-state index in [2.05, 4.69) is 4.72 Å². The minimum Gasteiger partial charge on any atom is -0.390 e. The van der Waals surface area contributed by atoms with Gasteiger partial charge in [-0.25, -0.2) is 13.1 Å². The Hall–Kier alpha value is -2.29. The second kappa shape index (κ2) is 7.52. The quantitative estimate of drug-likeness (QED) is 0.703. The number of carbonyl (C=O) groups excluding carboxylic acids is 1. The molecule has 0 aliphatic rings. The number of aliphatic hydroxyl groups excluding tert-OH is 1. The third kappa shape index (κ3) is 4.60. The maximum Gasteiger partial charge on any atom is 0.250 e. The number of nitrogens with zero attached hydrogens (tertiary/aromatic N) is 1. The maximum atomic E-state index is 12.2. The van der Waals surface area contributed by atoms with Crippen LogP contribution in [-0.2, 0) is 16.6 Å². The Morgan fingerprint density at radius 2 is 1.88 bits per heavy atom. The summed E-state index contributed by atoms with van der Waals surface area (Å²) in [5, 5.41) is 9.92. The highest BCUT2D eigenvalue weighted by Crippen LogP contribution is 2.11. The molecule has 8 heteroatoms. The van der Waals surface area contributed by atoms with Crippen LogP contribution in [-0.4, -0.2) is 36.5 Å². The first-order valence-electron chi connectivity index (χ1n) is 7.24. The van der Waals surface area contributed by atoms with Crippen LogP contribution in [0, 0.1) is 0 Å². The molecule has 0 radical (unpaired) electrons. The van der Waals surface area contributed by atoms with Crippen LogP contribution in [0.5, 0.6) is 0 Å². The molecule has 0 aliphatic heterocycles. The molecule has 1 atom stereocenters. The molecule has 2 aromatic rings. The molecule has 7 nitrogen and oxygen atoms in total. The number of aliphatic hydroxyl groups is 1. The molecule has 0 amide bonds. The predicted molar refractivity (Wildman–Crippen MR) is 88.3 cm³/mol. The van der Waals surface area contributed by atoms with E-state index in [9.17, 15) is 23.1 Å². The molecule has 0 saturated carbocycles. The average molecular weight is 350 g/mol. The molecule has 0 saturated heterocycles. The number of hydrogen-bond donors (Lipinski definition) is 2. The topological polar surface area (TPSA) is 105 Å². The van der Waals surface area contributed by atoms with Gasteiger partial charge in [0.15, 0.2) is 5.78 Å². The molecule has 2 N–H and O–H groups in total. The molecule has 128 valence electrons. The Morgan fingerprint density at radius 1 is 1.21 bits per heavy atom. The number of rotatable bonds is 7. The van der Waals surface area contributed by atoms with E-state index in [4.69, 9.17) is 0 Å². The van der Waals surface area contributed by atoms with Crippen LogP contribution in [0.15, 0.2) is 58.4 Å². The summed E-state index contributed by atoms with van der Waals surface area (Å²) < 4.78 is 27.9. The molecule has 24 heavy (non-hydrogen) atoms. The number of Topliss-reactive ketones (excluding diaryl/α,β-unsaturated/α-hetero) is 1. The molecule has 1 aromatic heterocycles. The predicted octanol–water partition coefficient (Wildman–Crippen LogP) is 0.390. The van der Waals surface area contributed by atoms with Crippen LogP contribution in [0.2, 0.25) is 0 Å². The van der Waals surface area contributed by atoms with Gasteiger partial charge in [-0.05, 0) is 25.1 Å². The van der Waals surface area contributed by atoms with E-state index in [1.165, 1.54) is 48.0 Å². The van der Waals surface area contributed by atoms with Gasteiger partial charge in [-0.15, -0.1) is 0 Å². The number of nitrogens with one attached hydrogen (secondary N) is 1. The summed E-state index contributed by atoms with van der Waals surface area (Å²) in [6.07, 6.45) is 0.456. The Labute approximate surface area is 139 Å². The number of aromatic nitrogens is 1. The number of ketones is 1. The van der Waals surface area contributed by atoms with E-state index in [1.54, 1.807) is 12.1 Å². The molecule has 1 unspecified atom stereocenters. The van der Waals surface area contributed by atoms with E-state index in [0.29, 0.717) is 5.56 Å². The Kier molecular flexibility index (Phi) is 5.66. The van der Waals surface area contributed by atoms with Crippen molar-refractivity contribution in [2.24, 2.45) is 0 Å². The summed E-state index contributed by atoms with van der Waals surface area (Å²) in [6.45, 7) is 1.13. The van der Waals surface area contributed by atoms with Crippen molar-refractivity contribution in [1.29, 1.82) is 0 Å². The minimum absolute atomic E-state index is 0.00317. The van der Waals surface area contributed by atoms with Crippen LogP contribution in [0.4, 0.5) is 0 Å². The highest BCUT2D eigenvalue weighted by molar-refractivity contribution is 7.89. The monoisotopic (exact) mass is 350 g/mol. The Morgan fingerprint density at radius 3 is 2.46 bits per heavy atom. The average Bonchev–Trinajstić information content (AvgIpc) is 2.55. The first-order chi connectivity index (χ1) is 11.3. The van der Waals surface area contributed by atoms with Crippen molar-refractivity contribution < 1.29 is 18.3 Å². The van der Waals surface area contributed by atoms with Crippen LogP contribution < -0.4 is 10.3 Å². The van der Waals surface area contributed by atoms with Crippen LogP contribution in [0.25, 0.3) is 0 Å². The normalized spacial score (nSPS) is 12.8. The smallest absolute Gasteiger partial charge is 0.250 e. The van der Waals surface area contributed by atoms with E-state index in [-0.39, 0.29) is 29.3 Å². The van der Waals surface area contributed by atoms with Gasteiger partial charge in [0.05, 0.1) is 17.5 Å². The van der Waals surface area contributed by atoms with Crippen molar-refractivity contribution in [2.45, 2.75) is 24.5 Å². The fourth-order valence-corrected chi connectivity index (χ4v) is 3.13. The summed E-state index contributed by atoms with van der Waals surface area (Å²) in [7, 11) is -3.81. The summed E-state index contributed by atoms with van der Waals surface area (Å²) in [5.74, 6) is -0.157. The number of sulfonamides is 1. The molecule has 2 rings (SSSR count). The summed E-state index contributed by atoms with van der Waals surface area (Å²) in [4.78, 5) is 22.7. The van der Waals surface area contributed by atoms with Crippen LogP contribution >= 0.6 is 0 Å². The zero-order chi connectivity index (χ0) is 17.7. The lowest BCUT2D eigenvalue weighted by atomic mass is 10.2. The molecule has 0 spiro atoms. The van der Waals surface area contributed by atoms with Crippen LogP contribution in [0.3, 0.4) is 0 Å². The largest absolute Gasteiger partial charge is 0.390 e. The second-order valence-electron chi connectivity index (χ2n) is 5.28. The fourth-order valence-electron chi connectivity index (χ4n) is 2.06. The van der Waals surface area contributed by atoms with Gasteiger partial charge in [-0.1, -0.05) is 18.2 Å². The molecule has 1 heterocycles. The van der Waals surface area contributed by atoms with Crippen LogP contribution in [0.1, 0.15) is 17.3 Å². The third-order valence-electron chi connectivity index (χ3n) is 3.39. The lowest BCUT2D eigenvalue weighted by Gasteiger charge is -2.14. The SMILES string of the molecule is CC(=O)c1ccc(S(=O)(=O)NCC(O)Cn2ccccc2=O)cc1. The third-order valence-corrected chi connectivity index (χ3v) is 4.83. The van der Waals surface area contributed by atoms with Crippen molar-refractivity contribution in [3.05, 3.63) is 64.6 Å². The molecular formula is C16H18N2O5S. The number of pyridine rings is 1. The van der Waals surface area contributed by atoms with Crippen molar-refractivity contribution in [1.82, 2.24) is 9.29 Å². The van der Waals surface area contributed by atoms with E-state index in [0.717, 1.165) is 0 Å². The van der Waals surface area contributed by atoms with Gasteiger partial charge in [-0.3, -0.25) is 9.59 Å². The van der Waals surface area contributed by atoms with Gasteiger partial charge in [0.1, 0.15) is 0 Å². The summed E-state index contributed by atoms with van der Waals surface area (Å²) in [6, 6.07) is 10.1. The van der Waals surface area contributed by atoms with Crippen molar-refractivity contribution in [3.63, 3.8) is 0 Å². The Balaban J connectivity index is 2.00. The van der Waals surface area contributed by atoms with E-state index < -0.39 is 16.1 Å². The lowest BCUT2D eigenvalue weighted by molar-refractivity contribution is 0.101.